The molecule has 15 heteroatoms. The first-order valence-electron chi connectivity index (χ1n) is 11.1. The van der Waals surface area contributed by atoms with Gasteiger partial charge in [-0.05, 0) is 37.5 Å². The number of rotatable bonds is 12. The van der Waals surface area contributed by atoms with E-state index in [-0.39, 0.29) is 24.5 Å². The number of ether oxygens (including phenoxy) is 2. The molecule has 0 saturated heterocycles. The monoisotopic (exact) mass is 512 g/mol. The van der Waals surface area contributed by atoms with Crippen molar-refractivity contribution in [3.05, 3.63) is 53.6 Å². The summed E-state index contributed by atoms with van der Waals surface area (Å²) in [6.45, 7) is 3.50. The van der Waals surface area contributed by atoms with E-state index in [1.807, 2.05) is 0 Å². The van der Waals surface area contributed by atoms with Crippen LogP contribution in [-0.2, 0) is 29.2 Å². The fourth-order valence-electron chi connectivity index (χ4n) is 3.15. The first kappa shape index (κ1) is 26.6. The van der Waals surface area contributed by atoms with Crippen molar-refractivity contribution in [3.8, 4) is 5.75 Å². The molecule has 0 unspecified atom stereocenters. The molecule has 0 atom stereocenters. The van der Waals surface area contributed by atoms with Gasteiger partial charge >= 0.3 is 12.5 Å². The van der Waals surface area contributed by atoms with Crippen LogP contribution in [0.5, 0.6) is 5.75 Å². The average Bonchev–Trinajstić information content (AvgIpc) is 3.48. The fourth-order valence-corrected chi connectivity index (χ4v) is 3.15. The van der Waals surface area contributed by atoms with E-state index in [0.29, 0.717) is 31.0 Å². The van der Waals surface area contributed by atoms with E-state index in [4.69, 9.17) is 4.74 Å². The van der Waals surface area contributed by atoms with Crippen molar-refractivity contribution in [2.75, 3.05) is 13.2 Å². The van der Waals surface area contributed by atoms with Crippen LogP contribution >= 0.6 is 0 Å². The Balaban J connectivity index is 1.35. The molecule has 0 bridgehead atoms. The maximum Gasteiger partial charge on any atom is 0.573 e. The van der Waals surface area contributed by atoms with Gasteiger partial charge in [-0.25, -0.2) is 4.79 Å². The fraction of sp³-hybridized carbons (Fsp3) is 0.429. The number of alkyl carbamates (subject to hydrolysis) is 1. The van der Waals surface area contributed by atoms with E-state index in [1.165, 1.54) is 18.2 Å². The normalized spacial score (nSPS) is 13.1. The topological polar surface area (TPSA) is 135 Å². The quantitative estimate of drug-likeness (QED) is 0.313. The summed E-state index contributed by atoms with van der Waals surface area (Å²) in [7, 11) is 0. The van der Waals surface area contributed by atoms with Crippen LogP contribution < -0.4 is 26.3 Å². The second-order valence-electron chi connectivity index (χ2n) is 7.60. The maximum absolute atomic E-state index is 12.4. The number of benzene rings is 1. The second-order valence-corrected chi connectivity index (χ2v) is 7.60. The lowest BCUT2D eigenvalue weighted by Gasteiger charge is -2.14. The number of carbonyl (C=O) groups is 2. The molecule has 1 aromatic heterocycles. The Labute approximate surface area is 204 Å². The minimum Gasteiger partial charge on any atom is -0.450 e. The van der Waals surface area contributed by atoms with Gasteiger partial charge in [-0.3, -0.25) is 19.9 Å². The predicted octanol–water partition coefficient (Wildman–Crippen LogP) is 1.69. The first-order valence-corrected chi connectivity index (χ1v) is 11.1. The lowest BCUT2D eigenvalue weighted by molar-refractivity contribution is -0.274. The molecule has 12 nitrogen and oxygen atoms in total. The summed E-state index contributed by atoms with van der Waals surface area (Å²) in [4.78, 5) is 23.7. The molecule has 4 N–H and O–H groups in total. The van der Waals surface area contributed by atoms with Crippen molar-refractivity contribution >= 4 is 12.0 Å². The summed E-state index contributed by atoms with van der Waals surface area (Å²) in [5.41, 5.74) is 6.97. The van der Waals surface area contributed by atoms with E-state index in [1.54, 1.807) is 35.1 Å². The number of nitrogens with zero attached hydrogens (tertiary/aromatic N) is 4. The minimum atomic E-state index is -4.78. The van der Waals surface area contributed by atoms with Gasteiger partial charge in [0, 0.05) is 25.8 Å². The Hall–Kier alpha value is -4.01. The summed E-state index contributed by atoms with van der Waals surface area (Å²) < 4.78 is 47.4. The molecular weight excluding hydrogens is 485 g/mol. The molecule has 1 aliphatic rings. The largest absolute Gasteiger partial charge is 0.573 e. The maximum atomic E-state index is 12.4. The molecule has 1 aromatic carbocycles. The van der Waals surface area contributed by atoms with Crippen molar-refractivity contribution in [2.24, 2.45) is 0 Å². The van der Waals surface area contributed by atoms with Crippen LogP contribution in [0.2, 0.25) is 0 Å². The van der Waals surface area contributed by atoms with Crippen LogP contribution in [-0.4, -0.2) is 51.5 Å². The number of unbranched alkanes of at least 4 members (excludes halogenated alkanes) is 1. The van der Waals surface area contributed by atoms with Gasteiger partial charge in [0.1, 0.15) is 17.1 Å². The molecule has 0 fully saturated rings. The Bertz CT molecular complexity index is 1060. The van der Waals surface area contributed by atoms with Gasteiger partial charge in [-0.2, -0.15) is 0 Å². The highest BCUT2D eigenvalue weighted by Gasteiger charge is 2.31. The molecule has 0 aliphatic carbocycles. The van der Waals surface area contributed by atoms with Gasteiger partial charge in [0.25, 0.3) is 5.91 Å². The van der Waals surface area contributed by atoms with E-state index in [0.717, 1.165) is 12.8 Å². The van der Waals surface area contributed by atoms with Crippen LogP contribution in [0.1, 0.15) is 31.0 Å². The molecule has 2 aromatic rings. The van der Waals surface area contributed by atoms with Crippen molar-refractivity contribution in [2.45, 2.75) is 45.8 Å². The second kappa shape index (κ2) is 12.6. The summed E-state index contributed by atoms with van der Waals surface area (Å²) in [6.07, 6.45) is -0.371. The molecule has 2 amide bonds. The third-order valence-electron chi connectivity index (χ3n) is 4.76. The molecule has 2 heterocycles. The molecular formula is C21H27F3N8O4. The number of hydrogen-bond donors (Lipinski definition) is 4. The van der Waals surface area contributed by atoms with E-state index in [9.17, 15) is 22.8 Å². The van der Waals surface area contributed by atoms with Crippen molar-refractivity contribution in [1.82, 2.24) is 41.6 Å². The summed E-state index contributed by atoms with van der Waals surface area (Å²) in [5.74, 6) is -0.769. The zero-order chi connectivity index (χ0) is 26.0. The summed E-state index contributed by atoms with van der Waals surface area (Å²) in [5, 5.41) is 14.9. The molecule has 0 saturated carbocycles. The summed E-state index contributed by atoms with van der Waals surface area (Å²) in [6, 6.07) is 5.40. The minimum absolute atomic E-state index is 0.0299. The Morgan fingerprint density at radius 3 is 2.72 bits per heavy atom. The number of aromatic nitrogens is 3. The number of hydrazine groups is 2. The van der Waals surface area contributed by atoms with Gasteiger partial charge in [0.2, 0.25) is 0 Å². The average molecular weight is 512 g/mol. The van der Waals surface area contributed by atoms with Crippen LogP contribution in [0.3, 0.4) is 0 Å². The lowest BCUT2D eigenvalue weighted by atomic mass is 10.2. The molecule has 1 aliphatic heterocycles. The number of alkyl halides is 3. The van der Waals surface area contributed by atoms with Crippen LogP contribution in [0.25, 0.3) is 0 Å². The van der Waals surface area contributed by atoms with Crippen molar-refractivity contribution in [3.63, 3.8) is 0 Å². The number of aryl methyl sites for hydroxylation is 1. The Morgan fingerprint density at radius 2 is 1.94 bits per heavy atom. The zero-order valence-electron chi connectivity index (χ0n) is 19.5. The number of hydrogen-bond acceptors (Lipinski definition) is 9. The van der Waals surface area contributed by atoms with Gasteiger partial charge in [-0.15, -0.1) is 23.8 Å². The van der Waals surface area contributed by atoms with E-state index in [2.05, 4.69) is 36.6 Å². The Morgan fingerprint density at radius 1 is 1.14 bits per heavy atom. The molecule has 196 valence electrons. The van der Waals surface area contributed by atoms with Crippen LogP contribution in [0.15, 0.2) is 42.4 Å². The van der Waals surface area contributed by atoms with Crippen molar-refractivity contribution in [1.29, 1.82) is 0 Å². The first-order chi connectivity index (χ1) is 17.2. The number of halogens is 3. The molecule has 0 spiro atoms. The van der Waals surface area contributed by atoms with Crippen molar-refractivity contribution < 1.29 is 32.2 Å². The SMILES string of the molecule is CCOC(=O)NCc1cn(CCCCN2C=C(C(=O)NCc3cccc(OC(F)(F)F)c3)NN2)nn1. The summed E-state index contributed by atoms with van der Waals surface area (Å²) >= 11 is 0. The highest BCUT2D eigenvalue weighted by molar-refractivity contribution is 5.92. The highest BCUT2D eigenvalue weighted by atomic mass is 19.4. The van der Waals surface area contributed by atoms with Gasteiger partial charge in [0.05, 0.1) is 19.3 Å². The van der Waals surface area contributed by atoms with Gasteiger partial charge < -0.3 is 20.1 Å². The number of carbonyl (C=O) groups excluding carboxylic acids is 2. The van der Waals surface area contributed by atoms with Crippen LogP contribution in [0.4, 0.5) is 18.0 Å². The zero-order valence-corrected chi connectivity index (χ0v) is 19.5. The molecule has 3 rings (SSSR count). The molecule has 36 heavy (non-hydrogen) atoms. The Kier molecular flexibility index (Phi) is 9.32. The third-order valence-corrected chi connectivity index (χ3v) is 4.76. The predicted molar refractivity (Wildman–Crippen MR) is 119 cm³/mol. The van der Waals surface area contributed by atoms with E-state index < -0.39 is 18.4 Å². The number of amides is 2. The third kappa shape index (κ3) is 8.98. The molecule has 0 radical (unpaired) electrons. The van der Waals surface area contributed by atoms with Gasteiger partial charge in [-0.1, -0.05) is 17.3 Å². The standard InChI is InChI=1S/C21H27F3N8O4/c1-2-35-20(34)26-12-16-13-31(29-27-16)8-3-4-9-32-14-18(28-30-32)19(33)25-11-15-6-5-7-17(10-15)36-21(22,23)24/h5-7,10,13-14,28,30H,2-4,8-9,11-12H2,1H3,(H,25,33)(H,26,34). The van der Waals surface area contributed by atoms with Gasteiger partial charge in [0.15, 0.2) is 0 Å². The highest BCUT2D eigenvalue weighted by Crippen LogP contribution is 2.23. The number of nitrogens with one attached hydrogen (secondary N) is 4. The lowest BCUT2D eigenvalue weighted by Crippen LogP contribution is -2.39. The van der Waals surface area contributed by atoms with E-state index >= 15 is 0 Å². The smallest absolute Gasteiger partial charge is 0.450 e. The van der Waals surface area contributed by atoms with Crippen LogP contribution in [0, 0.1) is 0 Å².